The molecule has 5 nitrogen and oxygen atoms in total. The Hall–Kier alpha value is -1.95. The number of aryl methyl sites for hydroxylation is 3. The van der Waals surface area contributed by atoms with E-state index in [1.54, 1.807) is 28.4 Å². The normalized spacial score (nSPS) is 13.0. The Bertz CT molecular complexity index is 858. The van der Waals surface area contributed by atoms with Gasteiger partial charge in [-0.1, -0.05) is 6.92 Å². The maximum atomic E-state index is 12.9. The molecule has 6 heteroatoms. The minimum absolute atomic E-state index is 0.0369. The van der Waals surface area contributed by atoms with Crippen molar-refractivity contribution in [2.45, 2.75) is 33.2 Å². The van der Waals surface area contributed by atoms with E-state index in [-0.39, 0.29) is 11.6 Å². The summed E-state index contributed by atoms with van der Waals surface area (Å²) in [5.41, 5.74) is 2.10. The molecule has 3 aromatic heterocycles. The molecule has 0 amide bonds. The first kappa shape index (κ1) is 14.0. The third-order valence-electron chi connectivity index (χ3n) is 4.04. The maximum absolute atomic E-state index is 12.9. The Morgan fingerprint density at radius 2 is 2.14 bits per heavy atom. The van der Waals surface area contributed by atoms with E-state index in [0.717, 1.165) is 32.8 Å². The van der Waals surface area contributed by atoms with E-state index in [1.807, 2.05) is 31.6 Å². The van der Waals surface area contributed by atoms with E-state index in [4.69, 9.17) is 0 Å². The summed E-state index contributed by atoms with van der Waals surface area (Å²) in [6.07, 6.45) is 4.24. The Kier molecular flexibility index (Phi) is 3.41. The molecule has 0 saturated heterocycles. The SMILES string of the molecule is CCC(c1ccnn1C)n1cnc2sc(C)c(C)c2c1=O. The Labute approximate surface area is 126 Å². The van der Waals surface area contributed by atoms with Crippen LogP contribution in [0.4, 0.5) is 0 Å². The second kappa shape index (κ2) is 5.11. The Balaban J connectivity index is 2.25. The average molecular weight is 302 g/mol. The first-order valence-corrected chi connectivity index (χ1v) is 7.81. The number of aromatic nitrogens is 4. The van der Waals surface area contributed by atoms with Crippen LogP contribution in [0.25, 0.3) is 10.2 Å². The molecule has 0 fully saturated rings. The van der Waals surface area contributed by atoms with Crippen molar-refractivity contribution in [3.05, 3.63) is 45.1 Å². The highest BCUT2D eigenvalue weighted by Crippen LogP contribution is 2.27. The quantitative estimate of drug-likeness (QED) is 0.747. The van der Waals surface area contributed by atoms with Gasteiger partial charge in [0.2, 0.25) is 0 Å². The number of nitrogens with zero attached hydrogens (tertiary/aromatic N) is 4. The van der Waals surface area contributed by atoms with Gasteiger partial charge in [-0.2, -0.15) is 5.10 Å². The van der Waals surface area contributed by atoms with Crippen molar-refractivity contribution >= 4 is 21.6 Å². The lowest BCUT2D eigenvalue weighted by Gasteiger charge is -2.18. The lowest BCUT2D eigenvalue weighted by Crippen LogP contribution is -2.27. The maximum Gasteiger partial charge on any atom is 0.262 e. The molecule has 1 unspecified atom stereocenters. The molecule has 3 rings (SSSR count). The molecule has 0 bridgehead atoms. The summed E-state index contributed by atoms with van der Waals surface area (Å²) in [6.45, 7) is 6.09. The molecule has 0 aliphatic rings. The largest absolute Gasteiger partial charge is 0.289 e. The van der Waals surface area contributed by atoms with Crippen molar-refractivity contribution in [3.63, 3.8) is 0 Å². The second-order valence-electron chi connectivity index (χ2n) is 5.22. The predicted molar refractivity (Wildman–Crippen MR) is 85.0 cm³/mol. The van der Waals surface area contributed by atoms with E-state index >= 15 is 0 Å². The summed E-state index contributed by atoms with van der Waals surface area (Å²) in [6, 6.07) is 1.91. The number of hydrogen-bond acceptors (Lipinski definition) is 4. The van der Waals surface area contributed by atoms with Crippen molar-refractivity contribution in [3.8, 4) is 0 Å². The van der Waals surface area contributed by atoms with Crippen molar-refractivity contribution in [1.82, 2.24) is 19.3 Å². The van der Waals surface area contributed by atoms with Gasteiger partial charge in [0.15, 0.2) is 0 Å². The monoisotopic (exact) mass is 302 g/mol. The van der Waals surface area contributed by atoms with Crippen LogP contribution in [0, 0.1) is 13.8 Å². The molecule has 0 aliphatic carbocycles. The topological polar surface area (TPSA) is 52.7 Å². The van der Waals surface area contributed by atoms with Crippen molar-refractivity contribution in [2.75, 3.05) is 0 Å². The van der Waals surface area contributed by atoms with Crippen LogP contribution in [-0.2, 0) is 7.05 Å². The van der Waals surface area contributed by atoms with Gasteiger partial charge in [-0.3, -0.25) is 14.0 Å². The van der Waals surface area contributed by atoms with E-state index in [1.165, 1.54) is 0 Å². The zero-order valence-corrected chi connectivity index (χ0v) is 13.4. The molecule has 0 spiro atoms. The number of fused-ring (bicyclic) bond motifs is 1. The smallest absolute Gasteiger partial charge is 0.262 e. The highest BCUT2D eigenvalue weighted by Gasteiger charge is 2.19. The van der Waals surface area contributed by atoms with Gasteiger partial charge in [-0.05, 0) is 31.9 Å². The second-order valence-corrected chi connectivity index (χ2v) is 6.43. The number of hydrogen-bond donors (Lipinski definition) is 0. The fraction of sp³-hybridized carbons (Fsp3) is 0.400. The Morgan fingerprint density at radius 1 is 1.38 bits per heavy atom. The first-order chi connectivity index (χ1) is 10.0. The van der Waals surface area contributed by atoms with Crippen molar-refractivity contribution in [1.29, 1.82) is 0 Å². The fourth-order valence-electron chi connectivity index (χ4n) is 2.73. The van der Waals surface area contributed by atoms with E-state index in [0.29, 0.717) is 0 Å². The first-order valence-electron chi connectivity index (χ1n) is 6.99. The summed E-state index contributed by atoms with van der Waals surface area (Å²) >= 11 is 1.58. The van der Waals surface area contributed by atoms with Gasteiger partial charge >= 0.3 is 0 Å². The molecule has 21 heavy (non-hydrogen) atoms. The third kappa shape index (κ3) is 2.10. The zero-order valence-electron chi connectivity index (χ0n) is 12.6. The lowest BCUT2D eigenvalue weighted by atomic mass is 10.1. The third-order valence-corrected chi connectivity index (χ3v) is 5.15. The van der Waals surface area contributed by atoms with Crippen LogP contribution in [0.15, 0.2) is 23.4 Å². The van der Waals surface area contributed by atoms with Gasteiger partial charge < -0.3 is 0 Å². The van der Waals surface area contributed by atoms with Crippen LogP contribution in [0.2, 0.25) is 0 Å². The van der Waals surface area contributed by atoms with Crippen molar-refractivity contribution < 1.29 is 0 Å². The summed E-state index contributed by atoms with van der Waals surface area (Å²) in [5.74, 6) is 0. The molecule has 3 heterocycles. The molecule has 0 aliphatic heterocycles. The predicted octanol–water partition coefficient (Wildman–Crippen LogP) is 2.81. The molecule has 0 N–H and O–H groups in total. The highest BCUT2D eigenvalue weighted by atomic mass is 32.1. The molecule has 110 valence electrons. The molecular formula is C15H18N4OS. The highest BCUT2D eigenvalue weighted by molar-refractivity contribution is 7.18. The number of rotatable bonds is 3. The minimum Gasteiger partial charge on any atom is -0.289 e. The summed E-state index contributed by atoms with van der Waals surface area (Å²) < 4.78 is 3.55. The van der Waals surface area contributed by atoms with Gasteiger partial charge in [0.05, 0.1) is 23.4 Å². The van der Waals surface area contributed by atoms with E-state index in [9.17, 15) is 4.79 Å². The zero-order chi connectivity index (χ0) is 15.1. The fourth-order valence-corrected chi connectivity index (χ4v) is 3.72. The van der Waals surface area contributed by atoms with E-state index in [2.05, 4.69) is 17.0 Å². The molecule has 3 aromatic rings. The van der Waals surface area contributed by atoms with Gasteiger partial charge in [-0.15, -0.1) is 11.3 Å². The molecule has 0 radical (unpaired) electrons. The van der Waals surface area contributed by atoms with Crippen LogP contribution in [-0.4, -0.2) is 19.3 Å². The number of thiophene rings is 1. The van der Waals surface area contributed by atoms with Gasteiger partial charge in [-0.25, -0.2) is 4.98 Å². The lowest BCUT2D eigenvalue weighted by molar-refractivity contribution is 0.502. The van der Waals surface area contributed by atoms with Crippen LogP contribution in [0.5, 0.6) is 0 Å². The molecule has 1 atom stereocenters. The standard InChI is InChI=1S/C15H18N4OS/c1-5-11(12-6-7-17-18(12)4)19-8-16-14-13(15(19)20)9(2)10(3)21-14/h6-8,11H,5H2,1-4H3. The Morgan fingerprint density at radius 3 is 2.76 bits per heavy atom. The molecular weight excluding hydrogens is 284 g/mol. The van der Waals surface area contributed by atoms with Crippen LogP contribution in [0.1, 0.15) is 35.5 Å². The van der Waals surface area contributed by atoms with Gasteiger partial charge in [0.1, 0.15) is 4.83 Å². The van der Waals surface area contributed by atoms with Crippen molar-refractivity contribution in [2.24, 2.45) is 7.05 Å². The minimum atomic E-state index is -0.0403. The van der Waals surface area contributed by atoms with Gasteiger partial charge in [0.25, 0.3) is 5.56 Å². The van der Waals surface area contributed by atoms with Gasteiger partial charge in [0, 0.05) is 18.1 Å². The summed E-state index contributed by atoms with van der Waals surface area (Å²) in [4.78, 5) is 19.3. The van der Waals surface area contributed by atoms with Crippen LogP contribution < -0.4 is 5.56 Å². The van der Waals surface area contributed by atoms with Crippen LogP contribution >= 0.6 is 11.3 Å². The van der Waals surface area contributed by atoms with E-state index < -0.39 is 0 Å². The summed E-state index contributed by atoms with van der Waals surface area (Å²) in [5, 5.41) is 4.96. The molecule has 0 saturated carbocycles. The average Bonchev–Trinajstić information content (AvgIpc) is 2.99. The molecule has 0 aromatic carbocycles. The van der Waals surface area contributed by atoms with Crippen LogP contribution in [0.3, 0.4) is 0 Å². The summed E-state index contributed by atoms with van der Waals surface area (Å²) in [7, 11) is 1.90.